The number of aromatic nitrogens is 4. The number of imidazole rings is 1. The van der Waals surface area contributed by atoms with E-state index in [2.05, 4.69) is 15.0 Å². The molecule has 2 aliphatic heterocycles. The van der Waals surface area contributed by atoms with Crippen molar-refractivity contribution in [1.82, 2.24) is 19.7 Å². The Kier molecular flexibility index (Phi) is 1.68. The first-order valence-electron chi connectivity index (χ1n) is 3.68. The summed E-state index contributed by atoms with van der Waals surface area (Å²) in [5, 5.41) is 8.70. The standard InChI is InChI=1S/C7H5N5O2/c1-14-12-3-9-4(2-8)5-6(12)11-7(13)10-5/h3H,1H3,(H,10,13). The van der Waals surface area contributed by atoms with Gasteiger partial charge in [-0.05, 0) is 0 Å². The minimum absolute atomic E-state index is 0.114. The Labute approximate surface area is 77.9 Å². The Bertz CT molecular complexity index is 534. The van der Waals surface area contributed by atoms with Gasteiger partial charge in [-0.15, -0.1) is 0 Å². The van der Waals surface area contributed by atoms with Crippen LogP contribution in [0.3, 0.4) is 0 Å². The molecule has 0 spiro atoms. The van der Waals surface area contributed by atoms with E-state index in [0.29, 0.717) is 0 Å². The number of nitrogens with one attached hydrogen (secondary N) is 1. The van der Waals surface area contributed by atoms with Gasteiger partial charge in [-0.3, -0.25) is 0 Å². The van der Waals surface area contributed by atoms with Gasteiger partial charge in [-0.25, -0.2) is 9.78 Å². The molecule has 0 aliphatic carbocycles. The molecule has 0 unspecified atom stereocenters. The molecule has 1 N–H and O–H groups in total. The van der Waals surface area contributed by atoms with Crippen molar-refractivity contribution in [1.29, 1.82) is 5.26 Å². The lowest BCUT2D eigenvalue weighted by molar-refractivity contribution is 0.164. The normalized spacial score (nSPS) is 10.0. The second-order valence-corrected chi connectivity index (χ2v) is 2.45. The molecule has 0 bridgehead atoms. The van der Waals surface area contributed by atoms with Crippen LogP contribution in [0.4, 0.5) is 0 Å². The molecule has 7 nitrogen and oxygen atoms in total. The van der Waals surface area contributed by atoms with Crippen molar-refractivity contribution < 1.29 is 4.84 Å². The molecule has 0 atom stereocenters. The van der Waals surface area contributed by atoms with E-state index in [9.17, 15) is 4.79 Å². The van der Waals surface area contributed by atoms with Crippen LogP contribution in [0.25, 0.3) is 11.5 Å². The molecule has 0 aromatic heterocycles. The third-order valence-corrected chi connectivity index (χ3v) is 1.70. The molecule has 0 saturated carbocycles. The zero-order valence-electron chi connectivity index (χ0n) is 7.18. The molecule has 2 heterocycles. The Hall–Kier alpha value is -2.36. The van der Waals surface area contributed by atoms with E-state index in [1.165, 1.54) is 18.2 Å². The summed E-state index contributed by atoms with van der Waals surface area (Å²) in [5.74, 6) is 0.254. The maximum absolute atomic E-state index is 11.0. The van der Waals surface area contributed by atoms with Crippen molar-refractivity contribution in [3.63, 3.8) is 0 Å². The molecule has 0 saturated heterocycles. The Morgan fingerprint density at radius 1 is 1.71 bits per heavy atom. The Morgan fingerprint density at radius 2 is 2.50 bits per heavy atom. The lowest BCUT2D eigenvalue weighted by Crippen LogP contribution is -2.12. The predicted molar refractivity (Wildman–Crippen MR) is 44.5 cm³/mol. The molecule has 0 amide bonds. The first-order valence-corrected chi connectivity index (χ1v) is 3.68. The van der Waals surface area contributed by atoms with E-state index in [-0.39, 0.29) is 17.2 Å². The van der Waals surface area contributed by atoms with Crippen molar-refractivity contribution in [2.75, 3.05) is 7.11 Å². The third kappa shape index (κ3) is 1.01. The van der Waals surface area contributed by atoms with E-state index >= 15 is 0 Å². The topological polar surface area (TPSA) is 96.6 Å². The summed E-state index contributed by atoms with van der Waals surface area (Å²) in [4.78, 5) is 25.6. The molecular formula is C7H5N5O2. The molecule has 70 valence electrons. The second kappa shape index (κ2) is 2.85. The van der Waals surface area contributed by atoms with E-state index in [0.717, 1.165) is 0 Å². The van der Waals surface area contributed by atoms with Crippen molar-refractivity contribution >= 4 is 0 Å². The Balaban J connectivity index is 2.83. The van der Waals surface area contributed by atoms with Gasteiger partial charge in [0.15, 0.2) is 5.69 Å². The first kappa shape index (κ1) is 8.25. The number of hydrogen-bond acceptors (Lipinski definition) is 5. The van der Waals surface area contributed by atoms with Gasteiger partial charge in [0.2, 0.25) is 5.82 Å². The van der Waals surface area contributed by atoms with Crippen LogP contribution in [-0.4, -0.2) is 26.8 Å². The minimum atomic E-state index is -0.532. The summed E-state index contributed by atoms with van der Waals surface area (Å²) < 4.78 is 1.20. The molecule has 0 aromatic rings. The van der Waals surface area contributed by atoms with Crippen molar-refractivity contribution in [2.24, 2.45) is 0 Å². The summed E-state index contributed by atoms with van der Waals surface area (Å²) in [7, 11) is 1.41. The summed E-state index contributed by atoms with van der Waals surface area (Å²) in [6, 6.07) is 1.84. The summed E-state index contributed by atoms with van der Waals surface area (Å²) in [6.07, 6.45) is 1.28. The maximum atomic E-state index is 11.0. The summed E-state index contributed by atoms with van der Waals surface area (Å²) >= 11 is 0. The van der Waals surface area contributed by atoms with Crippen LogP contribution in [0.15, 0.2) is 11.1 Å². The van der Waals surface area contributed by atoms with Gasteiger partial charge < -0.3 is 9.82 Å². The van der Waals surface area contributed by atoms with E-state index in [4.69, 9.17) is 10.1 Å². The fourth-order valence-corrected chi connectivity index (χ4v) is 1.12. The number of H-pyrrole nitrogens is 1. The van der Waals surface area contributed by atoms with E-state index in [1.807, 2.05) is 6.07 Å². The highest BCUT2D eigenvalue weighted by atomic mass is 16.6. The zero-order chi connectivity index (χ0) is 10.1. The fraction of sp³-hybridized carbons (Fsp3) is 0.143. The molecule has 2 rings (SSSR count). The van der Waals surface area contributed by atoms with Gasteiger partial charge in [0.25, 0.3) is 0 Å². The zero-order valence-corrected chi connectivity index (χ0v) is 7.18. The highest BCUT2D eigenvalue weighted by Gasteiger charge is 2.17. The van der Waals surface area contributed by atoms with Gasteiger partial charge >= 0.3 is 5.69 Å². The molecule has 7 heteroatoms. The number of nitrogens with zero attached hydrogens (tertiary/aromatic N) is 4. The highest BCUT2D eigenvalue weighted by Crippen LogP contribution is 2.15. The lowest BCUT2D eigenvalue weighted by Gasteiger charge is -2.07. The van der Waals surface area contributed by atoms with Gasteiger partial charge in [0.05, 0.1) is 0 Å². The van der Waals surface area contributed by atoms with E-state index in [1.54, 1.807) is 0 Å². The first-order chi connectivity index (χ1) is 6.76. The van der Waals surface area contributed by atoms with Crippen molar-refractivity contribution in [3.8, 4) is 17.6 Å². The van der Waals surface area contributed by atoms with Crippen molar-refractivity contribution in [2.45, 2.75) is 0 Å². The number of hydrogen-bond donors (Lipinski definition) is 1. The molecule has 0 radical (unpaired) electrons. The number of rotatable bonds is 1. The summed E-state index contributed by atoms with van der Waals surface area (Å²) in [6.45, 7) is 0. The number of nitriles is 1. The van der Waals surface area contributed by atoms with Crippen LogP contribution in [0, 0.1) is 11.3 Å². The van der Waals surface area contributed by atoms with Gasteiger partial charge in [-0.2, -0.15) is 15.0 Å². The lowest BCUT2D eigenvalue weighted by atomic mass is 10.3. The van der Waals surface area contributed by atoms with Crippen LogP contribution in [-0.2, 0) is 0 Å². The van der Waals surface area contributed by atoms with Crippen LogP contribution in [0.5, 0.6) is 0 Å². The minimum Gasteiger partial charge on any atom is -0.414 e. The van der Waals surface area contributed by atoms with Crippen LogP contribution >= 0.6 is 0 Å². The van der Waals surface area contributed by atoms with Crippen LogP contribution in [0.1, 0.15) is 5.69 Å². The number of aromatic amines is 1. The summed E-state index contributed by atoms with van der Waals surface area (Å²) in [5.41, 5.74) is -0.139. The molecule has 0 fully saturated rings. The van der Waals surface area contributed by atoms with Gasteiger partial charge in [-0.1, -0.05) is 0 Å². The quantitative estimate of drug-likeness (QED) is 0.623. The smallest absolute Gasteiger partial charge is 0.347 e. The molecule has 0 aromatic carbocycles. The second-order valence-electron chi connectivity index (χ2n) is 2.45. The van der Waals surface area contributed by atoms with Crippen molar-refractivity contribution in [3.05, 3.63) is 22.5 Å². The third-order valence-electron chi connectivity index (χ3n) is 1.70. The fourth-order valence-electron chi connectivity index (χ4n) is 1.12. The molecular weight excluding hydrogens is 186 g/mol. The van der Waals surface area contributed by atoms with Gasteiger partial charge in [0, 0.05) is 0 Å². The van der Waals surface area contributed by atoms with E-state index < -0.39 is 5.69 Å². The average molecular weight is 191 g/mol. The monoisotopic (exact) mass is 191 g/mol. The molecule has 14 heavy (non-hydrogen) atoms. The predicted octanol–water partition coefficient (Wildman–Crippen LogP) is -0.999. The SMILES string of the molecule is COn1cnc(C#N)c2[nH]c(=O)nc1-2. The van der Waals surface area contributed by atoms with Crippen LogP contribution in [0.2, 0.25) is 0 Å². The van der Waals surface area contributed by atoms with Gasteiger partial charge in [0.1, 0.15) is 25.2 Å². The average Bonchev–Trinajstić information content (AvgIpc) is 2.57. The number of fused-ring (bicyclic) bond motifs is 1. The molecule has 2 aliphatic rings. The Morgan fingerprint density at radius 3 is 3.14 bits per heavy atom. The van der Waals surface area contributed by atoms with Crippen LogP contribution < -0.4 is 10.5 Å². The maximum Gasteiger partial charge on any atom is 0.347 e. The largest absolute Gasteiger partial charge is 0.414 e. The highest BCUT2D eigenvalue weighted by molar-refractivity contribution is 5.57.